The molecule has 3 aromatic heterocycles. The predicted molar refractivity (Wildman–Crippen MR) is 106 cm³/mol. The molecule has 0 saturated carbocycles. The molecule has 27 heavy (non-hydrogen) atoms. The third-order valence-electron chi connectivity index (χ3n) is 3.90. The van der Waals surface area contributed by atoms with Crippen molar-refractivity contribution in [3.05, 3.63) is 18.2 Å². The van der Waals surface area contributed by atoms with Crippen LogP contribution in [0, 0.1) is 0 Å². The van der Waals surface area contributed by atoms with Gasteiger partial charge in [0.1, 0.15) is 17.1 Å². The van der Waals surface area contributed by atoms with E-state index in [0.29, 0.717) is 41.2 Å². The fourth-order valence-electron chi connectivity index (χ4n) is 2.63. The highest BCUT2D eigenvalue weighted by Gasteiger charge is 2.18. The van der Waals surface area contributed by atoms with Crippen LogP contribution in [0.3, 0.4) is 0 Å². The van der Waals surface area contributed by atoms with Crippen LogP contribution in [0.25, 0.3) is 31.4 Å². The summed E-state index contributed by atoms with van der Waals surface area (Å²) in [5, 5.41) is 2.26. The molecule has 4 aromatic rings. The van der Waals surface area contributed by atoms with Crippen molar-refractivity contribution >= 4 is 43.3 Å². The molecule has 142 valence electrons. The quantitative estimate of drug-likeness (QED) is 0.396. The van der Waals surface area contributed by atoms with Crippen molar-refractivity contribution < 1.29 is 23.4 Å². The van der Waals surface area contributed by atoms with E-state index in [0.717, 1.165) is 26.5 Å². The minimum Gasteiger partial charge on any atom is -0.496 e. The first-order valence-electron chi connectivity index (χ1n) is 8.27. The van der Waals surface area contributed by atoms with Gasteiger partial charge in [-0.25, -0.2) is 4.98 Å². The summed E-state index contributed by atoms with van der Waals surface area (Å²) >= 11 is 2.88. The number of thiazole rings is 2. The zero-order chi connectivity index (χ0) is 18.8. The lowest BCUT2D eigenvalue weighted by Gasteiger charge is -2.08. The Morgan fingerprint density at radius 3 is 2.56 bits per heavy atom. The van der Waals surface area contributed by atoms with Crippen LogP contribution in [0.4, 0.5) is 0 Å². The smallest absolute Gasteiger partial charge is 0.276 e. The van der Waals surface area contributed by atoms with Gasteiger partial charge in [0.15, 0.2) is 20.4 Å². The normalized spacial score (nSPS) is 11.4. The Kier molecular flexibility index (Phi) is 5.15. The Labute approximate surface area is 163 Å². The van der Waals surface area contributed by atoms with Gasteiger partial charge in [0.2, 0.25) is 0 Å². The maximum absolute atomic E-state index is 6.03. The molecule has 0 fully saturated rings. The van der Waals surface area contributed by atoms with Crippen molar-refractivity contribution in [3.8, 4) is 27.5 Å². The maximum Gasteiger partial charge on any atom is 0.276 e. The second kappa shape index (κ2) is 7.71. The molecule has 0 atom stereocenters. The van der Waals surface area contributed by atoms with Gasteiger partial charge in [-0.2, -0.15) is 4.98 Å². The molecule has 0 radical (unpaired) electrons. The highest BCUT2D eigenvalue weighted by molar-refractivity contribution is 7.28. The zero-order valence-corrected chi connectivity index (χ0v) is 16.7. The van der Waals surface area contributed by atoms with Crippen molar-refractivity contribution in [1.82, 2.24) is 9.97 Å². The molecule has 0 N–H and O–H groups in total. The lowest BCUT2D eigenvalue weighted by molar-refractivity contribution is 0.172. The Balaban J connectivity index is 1.69. The molecule has 0 aliphatic carbocycles. The van der Waals surface area contributed by atoms with Crippen molar-refractivity contribution in [1.29, 1.82) is 0 Å². The van der Waals surface area contributed by atoms with Gasteiger partial charge < -0.3 is 23.4 Å². The van der Waals surface area contributed by atoms with Crippen LogP contribution in [0.1, 0.15) is 6.42 Å². The van der Waals surface area contributed by atoms with Crippen LogP contribution in [0.5, 0.6) is 16.7 Å². The summed E-state index contributed by atoms with van der Waals surface area (Å²) in [7, 11) is 4.90. The summed E-state index contributed by atoms with van der Waals surface area (Å²) in [6.07, 6.45) is 0.802. The summed E-state index contributed by atoms with van der Waals surface area (Å²) in [6, 6.07) is 5.65. The highest BCUT2D eigenvalue weighted by atomic mass is 32.1. The number of benzene rings is 1. The number of fused-ring (bicyclic) bond motifs is 2. The SMILES string of the molecule is COCCCOc1cc(OC)cc2oc(-c3nc4sc(OC)nc4s3)cc12. The fraction of sp³-hybridized carbons (Fsp3) is 0.333. The molecule has 7 nitrogen and oxygen atoms in total. The first-order valence-corrected chi connectivity index (χ1v) is 9.90. The summed E-state index contributed by atoms with van der Waals surface area (Å²) in [4.78, 5) is 10.7. The minimum absolute atomic E-state index is 0.549. The van der Waals surface area contributed by atoms with Gasteiger partial charge in [0.25, 0.3) is 5.19 Å². The minimum atomic E-state index is 0.549. The van der Waals surface area contributed by atoms with E-state index >= 15 is 0 Å². The average Bonchev–Trinajstić information content (AvgIpc) is 3.36. The van der Waals surface area contributed by atoms with Gasteiger partial charge in [-0.3, -0.25) is 0 Å². The lowest BCUT2D eigenvalue weighted by atomic mass is 10.2. The van der Waals surface area contributed by atoms with E-state index in [1.54, 1.807) is 21.3 Å². The molecule has 0 spiro atoms. The Morgan fingerprint density at radius 2 is 1.81 bits per heavy atom. The Bertz CT molecular complexity index is 1040. The summed E-state index contributed by atoms with van der Waals surface area (Å²) in [6.45, 7) is 1.20. The lowest BCUT2D eigenvalue weighted by Crippen LogP contribution is -2.01. The fourth-order valence-corrected chi connectivity index (χ4v) is 4.43. The summed E-state index contributed by atoms with van der Waals surface area (Å²) in [5.74, 6) is 2.07. The largest absolute Gasteiger partial charge is 0.496 e. The molecular weight excluding hydrogens is 388 g/mol. The van der Waals surface area contributed by atoms with Crippen LogP contribution in [0.15, 0.2) is 22.6 Å². The van der Waals surface area contributed by atoms with Crippen molar-refractivity contribution in [2.45, 2.75) is 6.42 Å². The second-order valence-electron chi connectivity index (χ2n) is 5.66. The molecule has 0 aliphatic rings. The number of hydrogen-bond donors (Lipinski definition) is 0. The Morgan fingerprint density at radius 1 is 0.963 bits per heavy atom. The third-order valence-corrected chi connectivity index (χ3v) is 5.90. The molecule has 3 heterocycles. The van der Waals surface area contributed by atoms with E-state index in [1.807, 2.05) is 18.2 Å². The molecule has 0 amide bonds. The maximum atomic E-state index is 6.03. The van der Waals surface area contributed by atoms with Gasteiger partial charge in [-0.05, 0) is 6.07 Å². The van der Waals surface area contributed by atoms with Crippen molar-refractivity contribution in [3.63, 3.8) is 0 Å². The third kappa shape index (κ3) is 3.58. The zero-order valence-electron chi connectivity index (χ0n) is 15.1. The average molecular weight is 406 g/mol. The molecule has 0 bridgehead atoms. The monoisotopic (exact) mass is 406 g/mol. The van der Waals surface area contributed by atoms with Crippen molar-refractivity contribution in [2.24, 2.45) is 0 Å². The van der Waals surface area contributed by atoms with Crippen LogP contribution in [-0.2, 0) is 4.74 Å². The second-order valence-corrected chi connectivity index (χ2v) is 7.57. The number of hydrogen-bond acceptors (Lipinski definition) is 9. The van der Waals surface area contributed by atoms with Crippen molar-refractivity contribution in [2.75, 3.05) is 34.5 Å². The van der Waals surface area contributed by atoms with Gasteiger partial charge in [0, 0.05) is 32.3 Å². The van der Waals surface area contributed by atoms with Gasteiger partial charge >= 0.3 is 0 Å². The number of aromatic nitrogens is 2. The molecule has 4 rings (SSSR count). The molecule has 0 unspecified atom stereocenters. The molecule has 0 aliphatic heterocycles. The van der Waals surface area contributed by atoms with Gasteiger partial charge in [-0.15, -0.1) is 0 Å². The van der Waals surface area contributed by atoms with E-state index in [2.05, 4.69) is 9.97 Å². The van der Waals surface area contributed by atoms with E-state index in [1.165, 1.54) is 22.7 Å². The van der Waals surface area contributed by atoms with Crippen LogP contribution < -0.4 is 14.2 Å². The predicted octanol–water partition coefficient (Wildman–Crippen LogP) is 4.60. The summed E-state index contributed by atoms with van der Waals surface area (Å²) in [5.41, 5.74) is 0.690. The molecule has 9 heteroatoms. The number of methoxy groups -OCH3 is 3. The molecular formula is C18H18N2O5S2. The molecule has 0 saturated heterocycles. The first kappa shape index (κ1) is 18.0. The van der Waals surface area contributed by atoms with Crippen LogP contribution in [0.2, 0.25) is 0 Å². The topological polar surface area (TPSA) is 75.8 Å². The number of nitrogens with zero attached hydrogens (tertiary/aromatic N) is 2. The first-order chi connectivity index (χ1) is 13.2. The Hall–Kier alpha value is -2.36. The molecule has 1 aromatic carbocycles. The van der Waals surface area contributed by atoms with E-state index in [9.17, 15) is 0 Å². The highest BCUT2D eigenvalue weighted by Crippen LogP contribution is 2.40. The van der Waals surface area contributed by atoms with Gasteiger partial charge in [-0.1, -0.05) is 22.7 Å². The van der Waals surface area contributed by atoms with E-state index in [-0.39, 0.29) is 0 Å². The number of rotatable bonds is 8. The van der Waals surface area contributed by atoms with Gasteiger partial charge in [0.05, 0.1) is 26.2 Å². The van der Waals surface area contributed by atoms with Crippen LogP contribution in [-0.4, -0.2) is 44.5 Å². The van der Waals surface area contributed by atoms with Crippen LogP contribution >= 0.6 is 22.7 Å². The summed E-state index contributed by atoms with van der Waals surface area (Å²) < 4.78 is 27.5. The van der Waals surface area contributed by atoms with E-state index in [4.69, 9.17) is 23.4 Å². The number of furan rings is 1. The number of ether oxygens (including phenoxy) is 4. The standard InChI is InChI=1S/C18H18N2O5S2/c1-21-5-4-6-24-12-7-10(22-2)8-13-11(12)9-14(25-13)15-19-16-17(26-15)20-18(23-3)27-16/h7-9H,4-6H2,1-3H3. The van der Waals surface area contributed by atoms with E-state index < -0.39 is 0 Å².